The Hall–Kier alpha value is -1.39. The van der Waals surface area contributed by atoms with Crippen LogP contribution < -0.4 is 0 Å². The molecule has 1 amide bonds. The van der Waals surface area contributed by atoms with E-state index in [0.717, 1.165) is 17.5 Å². The summed E-state index contributed by atoms with van der Waals surface area (Å²) in [6.07, 6.45) is 0.914. The molecule has 0 N–H and O–H groups in total. The molecule has 4 heteroatoms. The van der Waals surface area contributed by atoms with Crippen molar-refractivity contribution in [3.63, 3.8) is 0 Å². The Bertz CT molecular complexity index is 416. The number of rotatable bonds is 4. The minimum Gasteiger partial charge on any atom is -0.385 e. The molecule has 104 valence electrons. The van der Waals surface area contributed by atoms with Crippen molar-refractivity contribution in [1.82, 2.24) is 4.90 Å². The van der Waals surface area contributed by atoms with Crippen LogP contribution in [0.25, 0.3) is 0 Å². The smallest absolute Gasteiger partial charge is 0.254 e. The van der Waals surface area contributed by atoms with E-state index in [1.54, 1.807) is 7.11 Å². The third-order valence-corrected chi connectivity index (χ3v) is 3.37. The Kier molecular flexibility index (Phi) is 4.93. The molecule has 1 unspecified atom stereocenters. The van der Waals surface area contributed by atoms with Gasteiger partial charge in [0.25, 0.3) is 5.91 Å². The molecule has 1 aromatic rings. The first-order chi connectivity index (χ1) is 9.20. The quantitative estimate of drug-likeness (QED) is 0.832. The van der Waals surface area contributed by atoms with E-state index >= 15 is 0 Å². The zero-order valence-corrected chi connectivity index (χ0v) is 11.6. The lowest BCUT2D eigenvalue weighted by atomic mass is 10.1. The van der Waals surface area contributed by atoms with Crippen molar-refractivity contribution in [2.24, 2.45) is 0 Å². The highest BCUT2D eigenvalue weighted by atomic mass is 16.5. The van der Waals surface area contributed by atoms with Crippen molar-refractivity contribution in [3.8, 4) is 0 Å². The van der Waals surface area contributed by atoms with Gasteiger partial charge in [0, 0.05) is 32.4 Å². The summed E-state index contributed by atoms with van der Waals surface area (Å²) in [4.78, 5) is 14.2. The van der Waals surface area contributed by atoms with Gasteiger partial charge in [-0.3, -0.25) is 4.79 Å². The highest BCUT2D eigenvalue weighted by Crippen LogP contribution is 2.13. The van der Waals surface area contributed by atoms with Crippen LogP contribution in [0.2, 0.25) is 0 Å². The number of methoxy groups -OCH3 is 1. The minimum atomic E-state index is 0.0862. The number of carbonyl (C=O) groups excluding carboxylic acids is 1. The molecule has 2 rings (SSSR count). The summed E-state index contributed by atoms with van der Waals surface area (Å²) in [5.41, 5.74) is 1.91. The first-order valence-electron chi connectivity index (χ1n) is 6.67. The Morgan fingerprint density at radius 1 is 1.42 bits per heavy atom. The second kappa shape index (κ2) is 6.68. The zero-order chi connectivity index (χ0) is 13.7. The number of hydrogen-bond donors (Lipinski definition) is 0. The fourth-order valence-electron chi connectivity index (χ4n) is 2.21. The standard InChI is InChI=1S/C15H21NO3/c1-12-3-5-13(6-4-12)15(17)16-8-10-19-14(11-16)7-9-18-2/h3-6,14H,7-11H2,1-2H3. The molecule has 1 aliphatic rings. The van der Waals surface area contributed by atoms with Crippen LogP contribution in [0.1, 0.15) is 22.3 Å². The molecular weight excluding hydrogens is 242 g/mol. The van der Waals surface area contributed by atoms with Crippen LogP contribution in [0.4, 0.5) is 0 Å². The van der Waals surface area contributed by atoms with Crippen LogP contribution in [0, 0.1) is 6.92 Å². The van der Waals surface area contributed by atoms with Gasteiger partial charge in [-0.25, -0.2) is 0 Å². The van der Waals surface area contributed by atoms with E-state index in [1.165, 1.54) is 0 Å². The van der Waals surface area contributed by atoms with Crippen molar-refractivity contribution >= 4 is 5.91 Å². The molecular formula is C15H21NO3. The summed E-state index contributed by atoms with van der Waals surface area (Å²) in [5, 5.41) is 0. The van der Waals surface area contributed by atoms with Crippen LogP contribution in [0.5, 0.6) is 0 Å². The molecule has 1 aromatic carbocycles. The van der Waals surface area contributed by atoms with Gasteiger partial charge >= 0.3 is 0 Å². The SMILES string of the molecule is COCCC1CN(C(=O)c2ccc(C)cc2)CCO1. The molecule has 4 nitrogen and oxygen atoms in total. The number of nitrogens with zero attached hydrogens (tertiary/aromatic N) is 1. The summed E-state index contributed by atoms with van der Waals surface area (Å²) in [6, 6.07) is 7.71. The van der Waals surface area contributed by atoms with Crippen molar-refractivity contribution in [3.05, 3.63) is 35.4 Å². The average Bonchev–Trinajstić information content (AvgIpc) is 2.45. The van der Waals surface area contributed by atoms with Gasteiger partial charge in [-0.1, -0.05) is 17.7 Å². The highest BCUT2D eigenvalue weighted by Gasteiger charge is 2.24. The summed E-state index contributed by atoms with van der Waals surface area (Å²) in [5.74, 6) is 0.0886. The van der Waals surface area contributed by atoms with Crippen molar-refractivity contribution in [2.45, 2.75) is 19.4 Å². The molecule has 0 aromatic heterocycles. The fourth-order valence-corrected chi connectivity index (χ4v) is 2.21. The first-order valence-corrected chi connectivity index (χ1v) is 6.67. The van der Waals surface area contributed by atoms with E-state index in [4.69, 9.17) is 9.47 Å². The second-order valence-electron chi connectivity index (χ2n) is 4.89. The monoisotopic (exact) mass is 263 g/mol. The van der Waals surface area contributed by atoms with E-state index in [0.29, 0.717) is 26.3 Å². The van der Waals surface area contributed by atoms with Gasteiger partial charge in [0.15, 0.2) is 0 Å². The normalized spacial score (nSPS) is 19.5. The van der Waals surface area contributed by atoms with Crippen LogP contribution >= 0.6 is 0 Å². The molecule has 1 aliphatic heterocycles. The van der Waals surface area contributed by atoms with E-state index in [1.807, 2.05) is 36.1 Å². The molecule has 0 saturated carbocycles. The molecule has 1 heterocycles. The maximum atomic E-state index is 12.4. The minimum absolute atomic E-state index is 0.0862. The number of aryl methyl sites for hydroxylation is 1. The van der Waals surface area contributed by atoms with Gasteiger partial charge in [0.2, 0.25) is 0 Å². The van der Waals surface area contributed by atoms with E-state index in [9.17, 15) is 4.79 Å². The molecule has 1 fully saturated rings. The first kappa shape index (κ1) is 14.0. The maximum absolute atomic E-state index is 12.4. The summed E-state index contributed by atoms with van der Waals surface area (Å²) in [7, 11) is 1.68. The largest absolute Gasteiger partial charge is 0.385 e. The number of morpholine rings is 1. The molecule has 1 atom stereocenters. The topological polar surface area (TPSA) is 38.8 Å². The fraction of sp³-hybridized carbons (Fsp3) is 0.533. The Morgan fingerprint density at radius 2 is 2.16 bits per heavy atom. The molecule has 1 saturated heterocycles. The third kappa shape index (κ3) is 3.78. The summed E-state index contributed by atoms with van der Waals surface area (Å²) < 4.78 is 10.7. The Morgan fingerprint density at radius 3 is 2.84 bits per heavy atom. The van der Waals surface area contributed by atoms with E-state index in [-0.39, 0.29) is 12.0 Å². The van der Waals surface area contributed by atoms with Crippen LogP contribution in [0.3, 0.4) is 0 Å². The number of benzene rings is 1. The number of carbonyl (C=O) groups is 1. The lowest BCUT2D eigenvalue weighted by Gasteiger charge is -2.33. The van der Waals surface area contributed by atoms with Crippen LogP contribution in [-0.2, 0) is 9.47 Å². The van der Waals surface area contributed by atoms with Crippen LogP contribution in [-0.4, -0.2) is 50.3 Å². The van der Waals surface area contributed by atoms with Crippen molar-refractivity contribution in [2.75, 3.05) is 33.4 Å². The predicted molar refractivity (Wildman–Crippen MR) is 73.3 cm³/mol. The van der Waals surface area contributed by atoms with Gasteiger partial charge in [-0.15, -0.1) is 0 Å². The van der Waals surface area contributed by atoms with Crippen molar-refractivity contribution < 1.29 is 14.3 Å². The Balaban J connectivity index is 1.96. The molecule has 0 aliphatic carbocycles. The van der Waals surface area contributed by atoms with Crippen LogP contribution in [0.15, 0.2) is 24.3 Å². The zero-order valence-electron chi connectivity index (χ0n) is 11.6. The second-order valence-corrected chi connectivity index (χ2v) is 4.89. The van der Waals surface area contributed by atoms with Gasteiger partial charge in [0.05, 0.1) is 12.7 Å². The molecule has 0 bridgehead atoms. The lowest BCUT2D eigenvalue weighted by Crippen LogP contribution is -2.45. The predicted octanol–water partition coefficient (Wildman–Crippen LogP) is 1.87. The molecule has 19 heavy (non-hydrogen) atoms. The third-order valence-electron chi connectivity index (χ3n) is 3.37. The van der Waals surface area contributed by atoms with Gasteiger partial charge in [-0.05, 0) is 25.5 Å². The summed E-state index contributed by atoms with van der Waals surface area (Å²) in [6.45, 7) is 4.60. The van der Waals surface area contributed by atoms with E-state index < -0.39 is 0 Å². The van der Waals surface area contributed by atoms with Gasteiger partial charge < -0.3 is 14.4 Å². The molecule has 0 radical (unpaired) electrons. The number of amides is 1. The van der Waals surface area contributed by atoms with Gasteiger partial charge in [0.1, 0.15) is 0 Å². The van der Waals surface area contributed by atoms with Crippen molar-refractivity contribution in [1.29, 1.82) is 0 Å². The van der Waals surface area contributed by atoms with E-state index in [2.05, 4.69) is 0 Å². The lowest BCUT2D eigenvalue weighted by molar-refractivity contribution is -0.0332. The maximum Gasteiger partial charge on any atom is 0.254 e. The van der Waals surface area contributed by atoms with Gasteiger partial charge in [-0.2, -0.15) is 0 Å². The summed E-state index contributed by atoms with van der Waals surface area (Å²) >= 11 is 0. The Labute approximate surface area is 114 Å². The average molecular weight is 263 g/mol. The molecule has 0 spiro atoms. The highest BCUT2D eigenvalue weighted by molar-refractivity contribution is 5.94. The number of hydrogen-bond acceptors (Lipinski definition) is 3. The number of ether oxygens (including phenoxy) is 2.